The molecule has 1 heterocycles. The van der Waals surface area contributed by atoms with Gasteiger partial charge in [-0.2, -0.15) is 5.10 Å². The van der Waals surface area contributed by atoms with E-state index in [0.717, 1.165) is 4.68 Å². The molecule has 0 spiro atoms. The molecular formula is C16H19N3O4. The van der Waals surface area contributed by atoms with Crippen LogP contribution in [0.15, 0.2) is 35.3 Å². The number of carbonyl (C=O) groups is 2. The largest absolute Gasteiger partial charge is 0.480 e. The van der Waals surface area contributed by atoms with Crippen molar-refractivity contribution >= 4 is 22.6 Å². The number of amides is 1. The molecule has 0 saturated carbocycles. The van der Waals surface area contributed by atoms with Crippen molar-refractivity contribution in [2.45, 2.75) is 32.9 Å². The highest BCUT2D eigenvalue weighted by Crippen LogP contribution is 2.07. The van der Waals surface area contributed by atoms with Crippen molar-refractivity contribution in [2.75, 3.05) is 0 Å². The first-order valence-corrected chi connectivity index (χ1v) is 7.35. The number of aliphatic carboxylic acids is 1. The molecule has 2 N–H and O–H groups in total. The Hall–Kier alpha value is -2.70. The summed E-state index contributed by atoms with van der Waals surface area (Å²) in [5.41, 5.74) is -0.381. The maximum Gasteiger partial charge on any atom is 0.326 e. The summed E-state index contributed by atoms with van der Waals surface area (Å²) in [6.45, 7) is 3.43. The fourth-order valence-electron chi connectivity index (χ4n) is 2.31. The molecule has 7 heteroatoms. The fourth-order valence-corrected chi connectivity index (χ4v) is 2.31. The van der Waals surface area contributed by atoms with Crippen molar-refractivity contribution in [3.05, 3.63) is 40.8 Å². The summed E-state index contributed by atoms with van der Waals surface area (Å²) < 4.78 is 1.03. The molecule has 0 fully saturated rings. The van der Waals surface area contributed by atoms with E-state index in [2.05, 4.69) is 10.4 Å². The third-order valence-electron chi connectivity index (χ3n) is 3.40. The molecule has 0 bridgehead atoms. The summed E-state index contributed by atoms with van der Waals surface area (Å²) in [7, 11) is 0. The van der Waals surface area contributed by atoms with Gasteiger partial charge in [0.05, 0.1) is 11.6 Å². The monoisotopic (exact) mass is 317 g/mol. The van der Waals surface area contributed by atoms with Crippen LogP contribution in [0.4, 0.5) is 0 Å². The van der Waals surface area contributed by atoms with E-state index in [9.17, 15) is 14.4 Å². The van der Waals surface area contributed by atoms with Crippen molar-refractivity contribution in [3.8, 4) is 0 Å². The van der Waals surface area contributed by atoms with E-state index in [-0.39, 0.29) is 18.0 Å². The molecule has 0 aliphatic rings. The molecule has 2 rings (SSSR count). The van der Waals surface area contributed by atoms with E-state index < -0.39 is 17.9 Å². The van der Waals surface area contributed by atoms with Crippen LogP contribution in [0.2, 0.25) is 0 Å². The zero-order valence-electron chi connectivity index (χ0n) is 13.0. The van der Waals surface area contributed by atoms with Crippen molar-refractivity contribution in [1.82, 2.24) is 15.1 Å². The maximum atomic E-state index is 12.3. The number of nitrogens with zero attached hydrogens (tertiary/aromatic N) is 2. The van der Waals surface area contributed by atoms with Gasteiger partial charge >= 0.3 is 5.97 Å². The molecule has 1 aromatic carbocycles. The first-order valence-electron chi connectivity index (χ1n) is 7.35. The highest BCUT2D eigenvalue weighted by atomic mass is 16.4. The predicted molar refractivity (Wildman–Crippen MR) is 85.0 cm³/mol. The Labute approximate surface area is 132 Å². The Morgan fingerprint density at radius 2 is 2.00 bits per heavy atom. The number of benzene rings is 1. The number of nitrogens with one attached hydrogen (secondary N) is 1. The second kappa shape index (κ2) is 7.04. The first-order chi connectivity index (χ1) is 10.9. The van der Waals surface area contributed by atoms with Gasteiger partial charge in [-0.3, -0.25) is 9.59 Å². The van der Waals surface area contributed by atoms with Crippen molar-refractivity contribution < 1.29 is 14.7 Å². The van der Waals surface area contributed by atoms with Gasteiger partial charge in [-0.1, -0.05) is 32.0 Å². The molecule has 1 aromatic heterocycles. The van der Waals surface area contributed by atoms with Crippen LogP contribution in [0.5, 0.6) is 0 Å². The molecule has 1 atom stereocenters. The van der Waals surface area contributed by atoms with E-state index in [4.69, 9.17) is 5.11 Å². The Morgan fingerprint density at radius 1 is 1.30 bits per heavy atom. The van der Waals surface area contributed by atoms with Crippen LogP contribution >= 0.6 is 0 Å². The summed E-state index contributed by atoms with van der Waals surface area (Å²) in [5, 5.41) is 16.7. The lowest BCUT2D eigenvalue weighted by molar-refractivity contribution is -0.142. The Morgan fingerprint density at radius 3 is 2.65 bits per heavy atom. The van der Waals surface area contributed by atoms with Crippen molar-refractivity contribution in [3.63, 3.8) is 0 Å². The van der Waals surface area contributed by atoms with Gasteiger partial charge in [0.1, 0.15) is 12.6 Å². The van der Waals surface area contributed by atoms with Gasteiger partial charge in [-0.25, -0.2) is 9.48 Å². The molecule has 23 heavy (non-hydrogen) atoms. The summed E-state index contributed by atoms with van der Waals surface area (Å²) in [6, 6.07) is 5.98. The summed E-state index contributed by atoms with van der Waals surface area (Å²) in [5.74, 6) is -1.52. The van der Waals surface area contributed by atoms with E-state index in [1.165, 1.54) is 6.20 Å². The van der Waals surface area contributed by atoms with Gasteiger partial charge in [0.15, 0.2) is 0 Å². The van der Waals surface area contributed by atoms with Crippen LogP contribution < -0.4 is 10.9 Å². The van der Waals surface area contributed by atoms with Crippen LogP contribution in [0.3, 0.4) is 0 Å². The zero-order valence-corrected chi connectivity index (χ0v) is 13.0. The number of hydrogen-bond acceptors (Lipinski definition) is 4. The summed E-state index contributed by atoms with van der Waals surface area (Å²) in [6.07, 6.45) is 1.83. The number of carboxylic acids is 1. The highest BCUT2D eigenvalue weighted by Gasteiger charge is 2.21. The van der Waals surface area contributed by atoms with Gasteiger partial charge in [0, 0.05) is 5.39 Å². The molecule has 0 unspecified atom stereocenters. The molecule has 2 aromatic rings. The first kappa shape index (κ1) is 16.7. The molecule has 122 valence electrons. The normalized spacial score (nSPS) is 12.3. The Bertz CT molecular complexity index is 782. The van der Waals surface area contributed by atoms with Crippen molar-refractivity contribution in [2.24, 2.45) is 5.92 Å². The standard InChI is InChI=1S/C16H19N3O4/c1-10(2)7-13(16(22)23)18-14(20)9-19-15(21)12-6-4-3-5-11(12)8-17-19/h3-6,8,10,13H,7,9H2,1-2H3,(H,18,20)(H,22,23)/t13-/m0/s1. The second-order valence-electron chi connectivity index (χ2n) is 5.78. The maximum absolute atomic E-state index is 12.3. The van der Waals surface area contributed by atoms with Crippen molar-refractivity contribution in [1.29, 1.82) is 0 Å². The van der Waals surface area contributed by atoms with E-state index >= 15 is 0 Å². The second-order valence-corrected chi connectivity index (χ2v) is 5.78. The van der Waals surface area contributed by atoms with Crippen LogP contribution in [0, 0.1) is 5.92 Å². The van der Waals surface area contributed by atoms with Gasteiger partial charge in [0.25, 0.3) is 5.56 Å². The van der Waals surface area contributed by atoms with Gasteiger partial charge in [-0.15, -0.1) is 0 Å². The van der Waals surface area contributed by atoms with Gasteiger partial charge in [0.2, 0.25) is 5.91 Å². The minimum Gasteiger partial charge on any atom is -0.480 e. The molecular weight excluding hydrogens is 298 g/mol. The molecule has 0 aliphatic carbocycles. The summed E-state index contributed by atoms with van der Waals surface area (Å²) in [4.78, 5) is 35.5. The lowest BCUT2D eigenvalue weighted by Gasteiger charge is -2.16. The highest BCUT2D eigenvalue weighted by molar-refractivity contribution is 5.84. The fraction of sp³-hybridized carbons (Fsp3) is 0.375. The number of aromatic nitrogens is 2. The zero-order chi connectivity index (χ0) is 17.0. The van der Waals surface area contributed by atoms with Gasteiger partial charge < -0.3 is 10.4 Å². The molecule has 0 aliphatic heterocycles. The smallest absolute Gasteiger partial charge is 0.326 e. The summed E-state index contributed by atoms with van der Waals surface area (Å²) >= 11 is 0. The predicted octanol–water partition coefficient (Wildman–Crippen LogP) is 1.01. The van der Waals surface area contributed by atoms with E-state index in [1.54, 1.807) is 24.3 Å². The minimum atomic E-state index is -1.09. The van der Waals surface area contributed by atoms with Gasteiger partial charge in [-0.05, 0) is 18.4 Å². The minimum absolute atomic E-state index is 0.123. The van der Waals surface area contributed by atoms with Crippen LogP contribution in [-0.4, -0.2) is 32.8 Å². The topological polar surface area (TPSA) is 101 Å². The Kier molecular flexibility index (Phi) is 5.10. The van der Waals surface area contributed by atoms with E-state index in [1.807, 2.05) is 13.8 Å². The quantitative estimate of drug-likeness (QED) is 0.828. The number of carboxylic acid groups (broad SMARTS) is 1. The Balaban J connectivity index is 2.15. The molecule has 0 radical (unpaired) electrons. The van der Waals surface area contributed by atoms with E-state index in [0.29, 0.717) is 17.2 Å². The third kappa shape index (κ3) is 4.15. The number of hydrogen-bond donors (Lipinski definition) is 2. The average Bonchev–Trinajstić information content (AvgIpc) is 2.49. The number of rotatable bonds is 6. The number of carbonyl (C=O) groups excluding carboxylic acids is 1. The lowest BCUT2D eigenvalue weighted by atomic mass is 10.0. The lowest BCUT2D eigenvalue weighted by Crippen LogP contribution is -2.44. The molecule has 7 nitrogen and oxygen atoms in total. The third-order valence-corrected chi connectivity index (χ3v) is 3.40. The SMILES string of the molecule is CC(C)C[C@H](NC(=O)Cn1ncc2ccccc2c1=O)C(=O)O. The van der Waals surface area contributed by atoms with Crippen LogP contribution in [0.25, 0.3) is 10.8 Å². The average molecular weight is 317 g/mol. The molecule has 0 saturated heterocycles. The van der Waals surface area contributed by atoms with Crippen LogP contribution in [-0.2, 0) is 16.1 Å². The number of fused-ring (bicyclic) bond motifs is 1. The molecule has 1 amide bonds. The van der Waals surface area contributed by atoms with Crippen LogP contribution in [0.1, 0.15) is 20.3 Å².